The Bertz CT molecular complexity index is 287. The Kier molecular flexibility index (Phi) is 8.89. The molecule has 1 fully saturated rings. The maximum absolute atomic E-state index is 9.49. The number of nitriles is 1. The third-order valence-electron chi connectivity index (χ3n) is 4.52. The number of rotatable bonds is 11. The Morgan fingerprint density at radius 1 is 1.20 bits per heavy atom. The van der Waals surface area contributed by atoms with Crippen LogP contribution in [0.3, 0.4) is 0 Å². The van der Waals surface area contributed by atoms with Gasteiger partial charge in [-0.3, -0.25) is 5.32 Å². The van der Waals surface area contributed by atoms with E-state index in [0.29, 0.717) is 5.92 Å². The maximum Gasteiger partial charge on any atom is 0.109 e. The van der Waals surface area contributed by atoms with Gasteiger partial charge >= 0.3 is 0 Å². The van der Waals surface area contributed by atoms with Crippen LogP contribution in [0, 0.1) is 17.2 Å². The lowest BCUT2D eigenvalue weighted by Crippen LogP contribution is -2.47. The van der Waals surface area contributed by atoms with Crippen LogP contribution in [0.25, 0.3) is 0 Å². The van der Waals surface area contributed by atoms with Crippen molar-refractivity contribution in [3.05, 3.63) is 0 Å². The zero-order chi connectivity index (χ0) is 14.7. The van der Waals surface area contributed by atoms with E-state index in [4.69, 9.17) is 4.74 Å². The lowest BCUT2D eigenvalue weighted by atomic mass is 9.86. The van der Waals surface area contributed by atoms with Gasteiger partial charge in [-0.05, 0) is 38.1 Å². The predicted octanol–water partition coefficient (Wildman–Crippen LogP) is 4.04. The summed E-state index contributed by atoms with van der Waals surface area (Å²) < 4.78 is 5.75. The van der Waals surface area contributed by atoms with Crippen molar-refractivity contribution in [2.45, 2.75) is 77.2 Å². The molecule has 0 heterocycles. The van der Waals surface area contributed by atoms with E-state index in [-0.39, 0.29) is 5.54 Å². The maximum atomic E-state index is 9.49. The Balaban J connectivity index is 2.13. The van der Waals surface area contributed by atoms with Gasteiger partial charge in [-0.2, -0.15) is 5.26 Å². The largest absolute Gasteiger partial charge is 0.381 e. The van der Waals surface area contributed by atoms with E-state index in [1.54, 1.807) is 0 Å². The van der Waals surface area contributed by atoms with E-state index in [1.165, 1.54) is 44.9 Å². The molecular formula is C17H32N2O. The summed E-state index contributed by atoms with van der Waals surface area (Å²) in [4.78, 5) is 0. The Hall–Kier alpha value is -0.590. The molecule has 20 heavy (non-hydrogen) atoms. The third-order valence-corrected chi connectivity index (χ3v) is 4.52. The molecule has 2 unspecified atom stereocenters. The first kappa shape index (κ1) is 17.5. The van der Waals surface area contributed by atoms with Gasteiger partial charge in [0.15, 0.2) is 0 Å². The van der Waals surface area contributed by atoms with Crippen LogP contribution in [0.5, 0.6) is 0 Å². The lowest BCUT2D eigenvalue weighted by Gasteiger charge is -2.29. The molecule has 0 aliphatic heterocycles. The highest BCUT2D eigenvalue weighted by Crippen LogP contribution is 2.37. The van der Waals surface area contributed by atoms with Crippen LogP contribution in [0.1, 0.15) is 71.6 Å². The fourth-order valence-corrected chi connectivity index (χ4v) is 3.34. The van der Waals surface area contributed by atoms with Gasteiger partial charge in [-0.15, -0.1) is 0 Å². The molecule has 0 aromatic carbocycles. The Labute approximate surface area is 125 Å². The van der Waals surface area contributed by atoms with E-state index in [1.807, 2.05) is 0 Å². The van der Waals surface area contributed by atoms with Gasteiger partial charge in [0, 0.05) is 13.2 Å². The second-order valence-electron chi connectivity index (χ2n) is 6.02. The molecule has 1 aliphatic carbocycles. The molecule has 2 atom stereocenters. The summed E-state index contributed by atoms with van der Waals surface area (Å²) in [5.41, 5.74) is -0.279. The van der Waals surface area contributed by atoms with Gasteiger partial charge in [0.1, 0.15) is 5.54 Å². The zero-order valence-corrected chi connectivity index (χ0v) is 13.4. The number of hydrogen-bond donors (Lipinski definition) is 1. The molecule has 0 spiro atoms. The van der Waals surface area contributed by atoms with E-state index in [2.05, 4.69) is 25.2 Å². The summed E-state index contributed by atoms with van der Waals surface area (Å²) in [5, 5.41) is 12.9. The summed E-state index contributed by atoms with van der Waals surface area (Å²) >= 11 is 0. The average molecular weight is 280 g/mol. The second kappa shape index (κ2) is 10.2. The highest BCUT2D eigenvalue weighted by atomic mass is 16.5. The van der Waals surface area contributed by atoms with Crippen LogP contribution in [0.15, 0.2) is 0 Å². The van der Waals surface area contributed by atoms with Crippen LogP contribution in [-0.2, 0) is 4.74 Å². The number of ether oxygens (including phenoxy) is 1. The highest BCUT2D eigenvalue weighted by Gasteiger charge is 2.42. The second-order valence-corrected chi connectivity index (χ2v) is 6.02. The Morgan fingerprint density at radius 2 is 2.00 bits per heavy atom. The van der Waals surface area contributed by atoms with Gasteiger partial charge in [0.05, 0.1) is 6.07 Å². The van der Waals surface area contributed by atoms with Crippen molar-refractivity contribution in [2.75, 3.05) is 19.8 Å². The third kappa shape index (κ3) is 5.42. The molecule has 3 nitrogen and oxygen atoms in total. The fraction of sp³-hybridized carbons (Fsp3) is 0.941. The lowest BCUT2D eigenvalue weighted by molar-refractivity contribution is 0.108. The first-order valence-electron chi connectivity index (χ1n) is 8.53. The molecule has 1 saturated carbocycles. The van der Waals surface area contributed by atoms with Gasteiger partial charge in [0.25, 0.3) is 0 Å². The van der Waals surface area contributed by atoms with E-state index >= 15 is 0 Å². The van der Waals surface area contributed by atoms with Crippen LogP contribution in [-0.4, -0.2) is 25.3 Å². The number of nitrogens with one attached hydrogen (secondary N) is 1. The van der Waals surface area contributed by atoms with Crippen LogP contribution in [0.2, 0.25) is 0 Å². The van der Waals surface area contributed by atoms with Gasteiger partial charge < -0.3 is 4.74 Å². The first-order valence-corrected chi connectivity index (χ1v) is 8.53. The molecule has 116 valence electrons. The van der Waals surface area contributed by atoms with Crippen molar-refractivity contribution < 1.29 is 4.74 Å². The van der Waals surface area contributed by atoms with Gasteiger partial charge in [0.2, 0.25) is 0 Å². The molecule has 1 rings (SSSR count). The topological polar surface area (TPSA) is 45.0 Å². The molecule has 0 amide bonds. The number of unbranched alkanes of at least 4 members (excludes halogenated alkanes) is 4. The molecule has 1 N–H and O–H groups in total. The minimum atomic E-state index is -0.279. The summed E-state index contributed by atoms with van der Waals surface area (Å²) in [7, 11) is 0. The molecule has 0 aromatic rings. The molecule has 0 aromatic heterocycles. The van der Waals surface area contributed by atoms with Crippen molar-refractivity contribution in [3.63, 3.8) is 0 Å². The normalized spacial score (nSPS) is 25.8. The highest BCUT2D eigenvalue weighted by molar-refractivity contribution is 5.13. The van der Waals surface area contributed by atoms with Gasteiger partial charge in [-0.25, -0.2) is 0 Å². The fourth-order valence-electron chi connectivity index (χ4n) is 3.34. The SMILES string of the molecule is CCCCCCCOCCC1CCCC1(C#N)NCC. The number of nitrogens with zero attached hydrogens (tertiary/aromatic N) is 1. The quantitative estimate of drug-likeness (QED) is 0.581. The summed E-state index contributed by atoms with van der Waals surface area (Å²) in [5.74, 6) is 0.465. The molecule has 3 heteroatoms. The standard InChI is InChI=1S/C17H32N2O/c1-3-5-6-7-8-13-20-14-11-16-10-9-12-17(16,15-18)19-4-2/h16,19H,3-14H2,1-2H3. The molecular weight excluding hydrogens is 248 g/mol. The minimum absolute atomic E-state index is 0.279. The van der Waals surface area contributed by atoms with Crippen LogP contribution < -0.4 is 5.32 Å². The van der Waals surface area contributed by atoms with Crippen molar-refractivity contribution in [3.8, 4) is 6.07 Å². The average Bonchev–Trinajstić information content (AvgIpc) is 2.86. The van der Waals surface area contributed by atoms with Gasteiger partial charge in [-0.1, -0.05) is 46.0 Å². The Morgan fingerprint density at radius 3 is 2.70 bits per heavy atom. The van der Waals surface area contributed by atoms with E-state index in [9.17, 15) is 5.26 Å². The predicted molar refractivity (Wildman–Crippen MR) is 83.6 cm³/mol. The van der Waals surface area contributed by atoms with E-state index in [0.717, 1.165) is 32.6 Å². The molecule has 0 radical (unpaired) electrons. The molecule has 0 bridgehead atoms. The monoisotopic (exact) mass is 280 g/mol. The first-order chi connectivity index (χ1) is 9.79. The van der Waals surface area contributed by atoms with Crippen LogP contribution in [0.4, 0.5) is 0 Å². The van der Waals surface area contributed by atoms with Crippen molar-refractivity contribution in [2.24, 2.45) is 5.92 Å². The minimum Gasteiger partial charge on any atom is -0.381 e. The van der Waals surface area contributed by atoms with Crippen LogP contribution >= 0.6 is 0 Å². The summed E-state index contributed by atoms with van der Waals surface area (Å²) in [6, 6.07) is 2.54. The van der Waals surface area contributed by atoms with Crippen molar-refractivity contribution in [1.82, 2.24) is 5.32 Å². The summed E-state index contributed by atoms with van der Waals surface area (Å²) in [6.07, 6.45) is 10.8. The molecule has 1 aliphatic rings. The number of hydrogen-bond acceptors (Lipinski definition) is 3. The summed E-state index contributed by atoms with van der Waals surface area (Å²) in [6.45, 7) is 6.90. The zero-order valence-electron chi connectivity index (χ0n) is 13.4. The molecule has 0 saturated heterocycles. The van der Waals surface area contributed by atoms with Crippen molar-refractivity contribution in [1.29, 1.82) is 5.26 Å². The smallest absolute Gasteiger partial charge is 0.109 e. The van der Waals surface area contributed by atoms with Crippen molar-refractivity contribution >= 4 is 0 Å². The van der Waals surface area contributed by atoms with E-state index < -0.39 is 0 Å².